The Morgan fingerprint density at radius 3 is 2.92 bits per heavy atom. The molecule has 0 saturated carbocycles. The smallest absolute Gasteiger partial charge is 0.170 e. The summed E-state index contributed by atoms with van der Waals surface area (Å²) in [6.45, 7) is 4.12. The predicted molar refractivity (Wildman–Crippen MR) is 51.5 cm³/mol. The molecule has 2 aromatic heterocycles. The van der Waals surface area contributed by atoms with Crippen LogP contribution in [-0.4, -0.2) is 9.97 Å². The van der Waals surface area contributed by atoms with Gasteiger partial charge in [-0.05, 0) is 25.5 Å². The third-order valence-electron chi connectivity index (χ3n) is 1.78. The number of thiazole rings is 1. The van der Waals surface area contributed by atoms with Crippen LogP contribution < -0.4 is 0 Å². The maximum atomic E-state index is 4.41. The van der Waals surface area contributed by atoms with Gasteiger partial charge in [0.2, 0.25) is 0 Å². The van der Waals surface area contributed by atoms with E-state index < -0.39 is 0 Å². The summed E-state index contributed by atoms with van der Waals surface area (Å²) in [4.78, 5) is 8.74. The van der Waals surface area contributed by atoms with Crippen molar-refractivity contribution < 1.29 is 0 Å². The van der Waals surface area contributed by atoms with Crippen molar-refractivity contribution in [3.63, 3.8) is 0 Å². The zero-order valence-electron chi connectivity index (χ0n) is 7.16. The minimum Gasteiger partial charge on any atom is -0.232 e. The number of aromatic nitrogens is 2. The monoisotopic (exact) mass is 178 g/mol. The number of pyridine rings is 1. The lowest BCUT2D eigenvalue weighted by molar-refractivity contribution is 1.05. The molecule has 0 unspecified atom stereocenters. The van der Waals surface area contributed by atoms with E-state index in [-0.39, 0.29) is 0 Å². The van der Waals surface area contributed by atoms with Gasteiger partial charge in [-0.1, -0.05) is 6.92 Å². The van der Waals surface area contributed by atoms with Crippen LogP contribution in [0.4, 0.5) is 0 Å². The Bertz CT molecular complexity index is 406. The second-order valence-corrected chi connectivity index (χ2v) is 3.95. The lowest BCUT2D eigenvalue weighted by atomic mass is 10.3. The Balaban J connectivity index is 2.66. The van der Waals surface area contributed by atoms with Crippen molar-refractivity contribution in [3.8, 4) is 0 Å². The molecule has 2 nitrogen and oxygen atoms in total. The van der Waals surface area contributed by atoms with Crippen LogP contribution in [0.1, 0.15) is 17.6 Å². The summed E-state index contributed by atoms with van der Waals surface area (Å²) in [5, 5.41) is 1.09. The first-order chi connectivity index (χ1) is 5.79. The third-order valence-corrected chi connectivity index (χ3v) is 2.71. The highest BCUT2D eigenvalue weighted by atomic mass is 32.1. The molecule has 0 aromatic carbocycles. The first-order valence-electron chi connectivity index (χ1n) is 4.02. The second-order valence-electron chi connectivity index (χ2n) is 2.71. The molecular formula is C9H10N2S. The Hall–Kier alpha value is -0.960. The van der Waals surface area contributed by atoms with Crippen molar-refractivity contribution in [2.24, 2.45) is 0 Å². The van der Waals surface area contributed by atoms with Gasteiger partial charge in [-0.2, -0.15) is 0 Å². The van der Waals surface area contributed by atoms with Crippen LogP contribution >= 0.6 is 11.3 Å². The Labute approximate surface area is 75.3 Å². The number of nitrogens with zero attached hydrogens (tertiary/aromatic N) is 2. The van der Waals surface area contributed by atoms with E-state index >= 15 is 0 Å². The highest BCUT2D eigenvalue weighted by molar-refractivity contribution is 7.18. The van der Waals surface area contributed by atoms with Gasteiger partial charge in [0.05, 0.1) is 9.71 Å². The first-order valence-corrected chi connectivity index (χ1v) is 4.84. The molecule has 62 valence electrons. The lowest BCUT2D eigenvalue weighted by Gasteiger charge is -1.92. The molecule has 0 aliphatic rings. The van der Waals surface area contributed by atoms with Crippen molar-refractivity contribution in [2.75, 3.05) is 0 Å². The summed E-state index contributed by atoms with van der Waals surface area (Å²) in [6, 6.07) is 4.17. The Kier molecular flexibility index (Phi) is 1.81. The van der Waals surface area contributed by atoms with Crippen molar-refractivity contribution >= 4 is 21.7 Å². The Morgan fingerprint density at radius 2 is 2.17 bits per heavy atom. The number of hydrogen-bond donors (Lipinski definition) is 0. The number of fused-ring (bicyclic) bond motifs is 1. The summed E-state index contributed by atoms with van der Waals surface area (Å²) in [7, 11) is 0. The molecule has 0 fully saturated rings. The zero-order valence-corrected chi connectivity index (χ0v) is 7.98. The van der Waals surface area contributed by atoms with E-state index in [1.54, 1.807) is 11.3 Å². The Morgan fingerprint density at radius 1 is 1.33 bits per heavy atom. The average Bonchev–Trinajstić information content (AvgIpc) is 2.43. The van der Waals surface area contributed by atoms with Crippen molar-refractivity contribution in [1.82, 2.24) is 9.97 Å². The van der Waals surface area contributed by atoms with Gasteiger partial charge in [0.25, 0.3) is 0 Å². The van der Waals surface area contributed by atoms with Gasteiger partial charge in [-0.15, -0.1) is 11.3 Å². The van der Waals surface area contributed by atoms with E-state index in [1.165, 1.54) is 4.70 Å². The molecule has 12 heavy (non-hydrogen) atoms. The fraction of sp³-hybridized carbons (Fsp3) is 0.333. The molecule has 0 atom stereocenters. The fourth-order valence-electron chi connectivity index (χ4n) is 1.16. The summed E-state index contributed by atoms with van der Waals surface area (Å²) >= 11 is 1.70. The number of hydrogen-bond acceptors (Lipinski definition) is 3. The molecule has 0 N–H and O–H groups in total. The van der Waals surface area contributed by atoms with Gasteiger partial charge in [0.1, 0.15) is 0 Å². The van der Waals surface area contributed by atoms with Crippen molar-refractivity contribution in [1.29, 1.82) is 0 Å². The summed E-state index contributed by atoms with van der Waals surface area (Å²) in [5.74, 6) is 0. The van der Waals surface area contributed by atoms with E-state index in [9.17, 15) is 0 Å². The standard InChI is InChI=1S/C9H10N2S/c1-3-7-4-5-8-9(11-7)10-6(2)12-8/h4-5H,3H2,1-2H3. The van der Waals surface area contributed by atoms with Crippen LogP contribution in [0.25, 0.3) is 10.3 Å². The fourth-order valence-corrected chi connectivity index (χ4v) is 1.93. The molecular weight excluding hydrogens is 168 g/mol. The van der Waals surface area contributed by atoms with E-state index in [0.29, 0.717) is 0 Å². The number of rotatable bonds is 1. The van der Waals surface area contributed by atoms with E-state index in [1.807, 2.05) is 6.92 Å². The van der Waals surface area contributed by atoms with Crippen molar-refractivity contribution in [3.05, 3.63) is 22.8 Å². The SMILES string of the molecule is CCc1ccc2sc(C)nc2n1. The molecule has 0 spiro atoms. The largest absolute Gasteiger partial charge is 0.232 e. The second kappa shape index (κ2) is 2.83. The quantitative estimate of drug-likeness (QED) is 0.670. The van der Waals surface area contributed by atoms with Crippen LogP contribution in [0.5, 0.6) is 0 Å². The number of aryl methyl sites for hydroxylation is 2. The van der Waals surface area contributed by atoms with Gasteiger partial charge in [-0.25, -0.2) is 9.97 Å². The zero-order chi connectivity index (χ0) is 8.55. The molecule has 0 bridgehead atoms. The van der Waals surface area contributed by atoms with Gasteiger partial charge in [0.15, 0.2) is 5.65 Å². The minimum absolute atomic E-state index is 0.900. The highest BCUT2D eigenvalue weighted by Gasteiger charge is 2.01. The summed E-state index contributed by atoms with van der Waals surface area (Å²) in [5.41, 5.74) is 2.02. The van der Waals surface area contributed by atoms with Gasteiger partial charge >= 0.3 is 0 Å². The van der Waals surface area contributed by atoms with Gasteiger partial charge in [-0.3, -0.25) is 0 Å². The molecule has 0 aliphatic carbocycles. The molecule has 0 aliphatic heterocycles. The summed E-state index contributed by atoms with van der Waals surface area (Å²) < 4.78 is 1.18. The maximum absolute atomic E-state index is 4.41. The molecule has 3 heteroatoms. The van der Waals surface area contributed by atoms with Crippen LogP contribution in [0, 0.1) is 6.92 Å². The molecule has 0 radical (unpaired) electrons. The molecule has 2 rings (SSSR count). The highest BCUT2D eigenvalue weighted by Crippen LogP contribution is 2.19. The normalized spacial score (nSPS) is 10.8. The van der Waals surface area contributed by atoms with E-state index in [0.717, 1.165) is 22.8 Å². The topological polar surface area (TPSA) is 25.8 Å². The van der Waals surface area contributed by atoms with E-state index in [2.05, 4.69) is 29.0 Å². The van der Waals surface area contributed by atoms with Gasteiger partial charge < -0.3 is 0 Å². The lowest BCUT2D eigenvalue weighted by Crippen LogP contribution is -1.85. The van der Waals surface area contributed by atoms with Crippen LogP contribution in [0.15, 0.2) is 12.1 Å². The van der Waals surface area contributed by atoms with Crippen molar-refractivity contribution in [2.45, 2.75) is 20.3 Å². The predicted octanol–water partition coefficient (Wildman–Crippen LogP) is 2.56. The third kappa shape index (κ3) is 1.20. The minimum atomic E-state index is 0.900. The first kappa shape index (κ1) is 7.68. The van der Waals surface area contributed by atoms with E-state index in [4.69, 9.17) is 0 Å². The summed E-state index contributed by atoms with van der Waals surface area (Å²) in [6.07, 6.45) is 0.979. The van der Waals surface area contributed by atoms with Crippen LogP contribution in [0.3, 0.4) is 0 Å². The molecule has 2 heterocycles. The average molecular weight is 178 g/mol. The van der Waals surface area contributed by atoms with Crippen LogP contribution in [-0.2, 0) is 6.42 Å². The maximum Gasteiger partial charge on any atom is 0.170 e. The molecule has 0 saturated heterocycles. The molecule has 2 aromatic rings. The van der Waals surface area contributed by atoms with Crippen LogP contribution in [0.2, 0.25) is 0 Å². The van der Waals surface area contributed by atoms with Gasteiger partial charge in [0, 0.05) is 5.69 Å². The molecule has 0 amide bonds.